The molecule has 0 saturated carbocycles. The molecule has 2 aliphatic rings. The Morgan fingerprint density at radius 2 is 1.71 bits per heavy atom. The standard InChI is InChI=1S/C21H23N3O4/c1-15(16-6-8-17(9-7-16)24-10-12-26-13-11-24)22-23-21(25)20-14-27-18-4-2-3-5-19(18)28-20/h2-9,20,22H,1,10-14H2,(H,23,25)/t20-/m1/s1. The fourth-order valence-electron chi connectivity index (χ4n) is 3.13. The summed E-state index contributed by atoms with van der Waals surface area (Å²) in [6.45, 7) is 7.43. The number of amides is 1. The van der Waals surface area contributed by atoms with Crippen LogP contribution < -0.4 is 25.2 Å². The van der Waals surface area contributed by atoms with Crippen molar-refractivity contribution in [2.45, 2.75) is 6.10 Å². The molecule has 1 fully saturated rings. The number of fused-ring (bicyclic) bond motifs is 1. The molecule has 0 spiro atoms. The number of hydrogen-bond acceptors (Lipinski definition) is 6. The summed E-state index contributed by atoms with van der Waals surface area (Å²) in [6.07, 6.45) is -0.723. The van der Waals surface area contributed by atoms with Crippen LogP contribution in [-0.4, -0.2) is 44.9 Å². The van der Waals surface area contributed by atoms with Crippen molar-refractivity contribution >= 4 is 17.3 Å². The first-order chi connectivity index (χ1) is 13.7. The van der Waals surface area contributed by atoms with E-state index in [0.717, 1.165) is 37.6 Å². The molecule has 2 heterocycles. The van der Waals surface area contributed by atoms with Crippen molar-refractivity contribution in [3.8, 4) is 11.5 Å². The van der Waals surface area contributed by atoms with Gasteiger partial charge in [-0.05, 0) is 29.8 Å². The van der Waals surface area contributed by atoms with Gasteiger partial charge in [-0.1, -0.05) is 30.8 Å². The Bertz CT molecular complexity index is 847. The molecule has 2 aromatic rings. The van der Waals surface area contributed by atoms with Crippen molar-refractivity contribution in [2.24, 2.45) is 0 Å². The third-order valence-electron chi connectivity index (χ3n) is 4.73. The first-order valence-corrected chi connectivity index (χ1v) is 9.27. The molecule has 0 aliphatic carbocycles. The smallest absolute Gasteiger partial charge is 0.282 e. The molecular weight excluding hydrogens is 358 g/mol. The summed E-state index contributed by atoms with van der Waals surface area (Å²) < 4.78 is 16.6. The zero-order valence-corrected chi connectivity index (χ0v) is 15.5. The fourth-order valence-corrected chi connectivity index (χ4v) is 3.13. The van der Waals surface area contributed by atoms with Crippen molar-refractivity contribution in [1.82, 2.24) is 10.9 Å². The molecule has 0 aromatic heterocycles. The number of benzene rings is 2. The maximum Gasteiger partial charge on any atom is 0.282 e. The van der Waals surface area contributed by atoms with Crippen LogP contribution in [0, 0.1) is 0 Å². The lowest BCUT2D eigenvalue weighted by molar-refractivity contribution is -0.131. The molecule has 28 heavy (non-hydrogen) atoms. The monoisotopic (exact) mass is 381 g/mol. The predicted octanol–water partition coefficient (Wildman–Crippen LogP) is 1.95. The average Bonchev–Trinajstić information content (AvgIpc) is 2.77. The van der Waals surface area contributed by atoms with Gasteiger partial charge >= 0.3 is 0 Å². The van der Waals surface area contributed by atoms with Gasteiger partial charge in [0.05, 0.1) is 18.9 Å². The lowest BCUT2D eigenvalue weighted by Crippen LogP contribution is -2.48. The Hall–Kier alpha value is -3.19. The van der Waals surface area contributed by atoms with Crippen LogP contribution in [-0.2, 0) is 9.53 Å². The zero-order valence-electron chi connectivity index (χ0n) is 15.5. The van der Waals surface area contributed by atoms with Crippen LogP contribution in [0.2, 0.25) is 0 Å². The van der Waals surface area contributed by atoms with Gasteiger partial charge in [0.25, 0.3) is 5.91 Å². The SMILES string of the molecule is C=C(NNC(=O)[C@H]1COc2ccccc2O1)c1ccc(N2CCOCC2)cc1. The van der Waals surface area contributed by atoms with E-state index >= 15 is 0 Å². The summed E-state index contributed by atoms with van der Waals surface area (Å²) >= 11 is 0. The van der Waals surface area contributed by atoms with E-state index in [1.807, 2.05) is 42.5 Å². The topological polar surface area (TPSA) is 72.1 Å². The number of ether oxygens (including phenoxy) is 3. The van der Waals surface area contributed by atoms with Gasteiger partial charge in [-0.15, -0.1) is 0 Å². The van der Waals surface area contributed by atoms with E-state index in [9.17, 15) is 4.79 Å². The number of hydrogen-bond donors (Lipinski definition) is 2. The molecule has 1 atom stereocenters. The minimum absolute atomic E-state index is 0.158. The van der Waals surface area contributed by atoms with Gasteiger partial charge in [0.2, 0.25) is 6.10 Å². The fraction of sp³-hybridized carbons (Fsp3) is 0.286. The summed E-state index contributed by atoms with van der Waals surface area (Å²) in [4.78, 5) is 14.6. The van der Waals surface area contributed by atoms with Crippen molar-refractivity contribution in [1.29, 1.82) is 0 Å². The van der Waals surface area contributed by atoms with Crippen molar-refractivity contribution in [3.05, 3.63) is 60.7 Å². The van der Waals surface area contributed by atoms with Gasteiger partial charge < -0.3 is 19.1 Å². The summed E-state index contributed by atoms with van der Waals surface area (Å²) in [5.41, 5.74) is 8.13. The Kier molecular flexibility index (Phi) is 5.34. The molecule has 146 valence electrons. The van der Waals surface area contributed by atoms with Crippen molar-refractivity contribution in [2.75, 3.05) is 37.8 Å². The van der Waals surface area contributed by atoms with E-state index in [4.69, 9.17) is 14.2 Å². The highest BCUT2D eigenvalue weighted by Crippen LogP contribution is 2.30. The maximum absolute atomic E-state index is 12.4. The predicted molar refractivity (Wildman–Crippen MR) is 106 cm³/mol. The number of carbonyl (C=O) groups is 1. The van der Waals surface area contributed by atoms with Crippen LogP contribution >= 0.6 is 0 Å². The second-order valence-corrected chi connectivity index (χ2v) is 6.60. The lowest BCUT2D eigenvalue weighted by atomic mass is 10.1. The second kappa shape index (κ2) is 8.22. The third kappa shape index (κ3) is 4.04. The maximum atomic E-state index is 12.4. The number of carbonyl (C=O) groups excluding carboxylic acids is 1. The Balaban J connectivity index is 1.30. The number of nitrogens with zero attached hydrogens (tertiary/aromatic N) is 1. The minimum atomic E-state index is -0.723. The summed E-state index contributed by atoms with van der Waals surface area (Å²) in [7, 11) is 0. The van der Waals surface area contributed by atoms with Crippen LogP contribution in [0.5, 0.6) is 11.5 Å². The molecule has 1 saturated heterocycles. The summed E-state index contributed by atoms with van der Waals surface area (Å²) in [5, 5.41) is 0. The van der Waals surface area contributed by atoms with Crippen LogP contribution in [0.1, 0.15) is 5.56 Å². The molecule has 2 aliphatic heterocycles. The van der Waals surface area contributed by atoms with Crippen LogP contribution in [0.4, 0.5) is 5.69 Å². The highest BCUT2D eigenvalue weighted by Gasteiger charge is 2.27. The quantitative estimate of drug-likeness (QED) is 0.772. The van der Waals surface area contributed by atoms with Gasteiger partial charge in [-0.3, -0.25) is 15.6 Å². The molecule has 7 nitrogen and oxygen atoms in total. The van der Waals surface area contributed by atoms with E-state index in [2.05, 4.69) is 22.3 Å². The van der Waals surface area contributed by atoms with Crippen LogP contribution in [0.25, 0.3) is 5.70 Å². The average molecular weight is 381 g/mol. The van der Waals surface area contributed by atoms with Gasteiger partial charge in [0.1, 0.15) is 6.61 Å². The summed E-state index contributed by atoms with van der Waals surface area (Å²) in [6, 6.07) is 15.3. The Morgan fingerprint density at radius 3 is 2.46 bits per heavy atom. The number of rotatable bonds is 5. The minimum Gasteiger partial charge on any atom is -0.485 e. The molecule has 0 unspecified atom stereocenters. The van der Waals surface area contributed by atoms with E-state index in [1.165, 1.54) is 0 Å². The summed E-state index contributed by atoms with van der Waals surface area (Å²) in [5.74, 6) is 0.885. The highest BCUT2D eigenvalue weighted by atomic mass is 16.6. The first kappa shape index (κ1) is 18.2. The number of morpholine rings is 1. The van der Waals surface area contributed by atoms with Gasteiger partial charge in [-0.2, -0.15) is 0 Å². The molecule has 0 bridgehead atoms. The Morgan fingerprint density at radius 1 is 1.00 bits per heavy atom. The van der Waals surface area contributed by atoms with Gasteiger partial charge in [-0.25, -0.2) is 0 Å². The van der Waals surface area contributed by atoms with Crippen molar-refractivity contribution in [3.63, 3.8) is 0 Å². The number of anilines is 1. The van der Waals surface area contributed by atoms with E-state index in [0.29, 0.717) is 17.2 Å². The second-order valence-electron chi connectivity index (χ2n) is 6.60. The van der Waals surface area contributed by atoms with E-state index in [-0.39, 0.29) is 12.5 Å². The third-order valence-corrected chi connectivity index (χ3v) is 4.73. The molecule has 0 radical (unpaired) electrons. The number of para-hydroxylation sites is 2. The molecule has 7 heteroatoms. The number of nitrogens with one attached hydrogen (secondary N) is 2. The first-order valence-electron chi connectivity index (χ1n) is 9.27. The molecular formula is C21H23N3O4. The highest BCUT2D eigenvalue weighted by molar-refractivity contribution is 5.82. The van der Waals surface area contributed by atoms with Crippen LogP contribution in [0.3, 0.4) is 0 Å². The van der Waals surface area contributed by atoms with E-state index in [1.54, 1.807) is 6.07 Å². The molecule has 2 N–H and O–H groups in total. The Labute approximate surface area is 163 Å². The van der Waals surface area contributed by atoms with Gasteiger partial charge in [0, 0.05) is 18.8 Å². The largest absolute Gasteiger partial charge is 0.485 e. The van der Waals surface area contributed by atoms with Gasteiger partial charge in [0.15, 0.2) is 11.5 Å². The van der Waals surface area contributed by atoms with E-state index < -0.39 is 6.10 Å². The van der Waals surface area contributed by atoms with Crippen molar-refractivity contribution < 1.29 is 19.0 Å². The number of hydrazine groups is 1. The molecule has 4 rings (SSSR count). The molecule has 1 amide bonds. The molecule has 2 aromatic carbocycles. The zero-order chi connectivity index (χ0) is 19.3. The normalized spacial score (nSPS) is 18.3. The van der Waals surface area contributed by atoms with Crippen LogP contribution in [0.15, 0.2) is 55.1 Å². The lowest BCUT2D eigenvalue weighted by Gasteiger charge is -2.29.